The lowest BCUT2D eigenvalue weighted by Crippen LogP contribution is -2.34. The molecule has 1 saturated heterocycles. The van der Waals surface area contributed by atoms with Crippen LogP contribution in [0.15, 0.2) is 0 Å². The zero-order chi connectivity index (χ0) is 12.3. The van der Waals surface area contributed by atoms with Gasteiger partial charge in [-0.2, -0.15) is 0 Å². The lowest BCUT2D eigenvalue weighted by molar-refractivity contribution is 0.0992. The third kappa shape index (κ3) is 7.02. The molecule has 1 fully saturated rings. The molecule has 0 bridgehead atoms. The predicted molar refractivity (Wildman–Crippen MR) is 73.2 cm³/mol. The molecule has 0 aromatic carbocycles. The number of rotatable bonds is 10. The number of nitrogens with two attached hydrogens (primary N) is 1. The first-order valence-corrected chi connectivity index (χ1v) is 7.41. The van der Waals surface area contributed by atoms with Gasteiger partial charge < -0.3 is 15.8 Å². The average Bonchev–Trinajstić information content (AvgIpc) is 2.85. The summed E-state index contributed by atoms with van der Waals surface area (Å²) in [4.78, 5) is 0. The molecule has 1 heterocycles. The third-order valence-electron chi connectivity index (χ3n) is 3.59. The first kappa shape index (κ1) is 14.9. The van der Waals surface area contributed by atoms with Gasteiger partial charge >= 0.3 is 0 Å². The number of hydrogen-bond donors (Lipinski definition) is 2. The van der Waals surface area contributed by atoms with Crippen molar-refractivity contribution >= 4 is 0 Å². The van der Waals surface area contributed by atoms with Crippen molar-refractivity contribution in [2.45, 2.75) is 70.4 Å². The van der Waals surface area contributed by atoms with E-state index in [0.29, 0.717) is 12.1 Å². The first-order valence-electron chi connectivity index (χ1n) is 7.41. The fourth-order valence-corrected chi connectivity index (χ4v) is 2.54. The highest BCUT2D eigenvalue weighted by molar-refractivity contribution is 4.72. The van der Waals surface area contributed by atoms with Crippen molar-refractivity contribution in [1.29, 1.82) is 0 Å². The molecule has 1 aliphatic heterocycles. The second-order valence-electron chi connectivity index (χ2n) is 5.15. The molecule has 1 rings (SSSR count). The molecule has 0 aromatic heterocycles. The van der Waals surface area contributed by atoms with Gasteiger partial charge in [-0.25, -0.2) is 0 Å². The maximum absolute atomic E-state index is 5.68. The summed E-state index contributed by atoms with van der Waals surface area (Å²) in [6.45, 7) is 4.92. The second-order valence-corrected chi connectivity index (χ2v) is 5.15. The zero-order valence-electron chi connectivity index (χ0n) is 11.4. The van der Waals surface area contributed by atoms with E-state index in [-0.39, 0.29) is 0 Å². The van der Waals surface area contributed by atoms with E-state index in [1.165, 1.54) is 51.4 Å². The van der Waals surface area contributed by atoms with Crippen LogP contribution in [-0.2, 0) is 4.74 Å². The molecule has 2 unspecified atom stereocenters. The molecule has 0 aromatic rings. The Morgan fingerprint density at radius 3 is 2.88 bits per heavy atom. The Morgan fingerprint density at radius 1 is 1.35 bits per heavy atom. The van der Waals surface area contributed by atoms with Crippen LogP contribution in [-0.4, -0.2) is 31.8 Å². The van der Waals surface area contributed by atoms with Gasteiger partial charge in [0, 0.05) is 25.7 Å². The van der Waals surface area contributed by atoms with Gasteiger partial charge in [0.05, 0.1) is 6.10 Å². The summed E-state index contributed by atoms with van der Waals surface area (Å²) in [7, 11) is 0. The van der Waals surface area contributed by atoms with E-state index in [0.717, 1.165) is 19.7 Å². The van der Waals surface area contributed by atoms with Gasteiger partial charge in [-0.1, -0.05) is 26.2 Å². The normalized spacial score (nSPS) is 21.9. The summed E-state index contributed by atoms with van der Waals surface area (Å²) < 4.78 is 5.68. The summed E-state index contributed by atoms with van der Waals surface area (Å²) in [6.07, 6.45) is 10.8. The fraction of sp³-hybridized carbons (Fsp3) is 1.00. The molecule has 0 radical (unpaired) electrons. The summed E-state index contributed by atoms with van der Waals surface area (Å²) in [5.41, 5.74) is 5.56. The number of ether oxygens (including phenoxy) is 1. The van der Waals surface area contributed by atoms with Crippen molar-refractivity contribution in [2.24, 2.45) is 5.73 Å². The standard InChI is InChI=1S/C14H30N2O/c1-2-3-4-6-13(16-11-10-15)8-9-14-7-5-12-17-14/h13-14,16H,2-12,15H2,1H3. The predicted octanol–water partition coefficient (Wildman–Crippen LogP) is 2.44. The number of unbranched alkanes of at least 4 members (excludes halogenated alkanes) is 2. The van der Waals surface area contributed by atoms with E-state index in [1.807, 2.05) is 0 Å². The molecule has 17 heavy (non-hydrogen) atoms. The van der Waals surface area contributed by atoms with E-state index < -0.39 is 0 Å². The molecule has 0 amide bonds. The summed E-state index contributed by atoms with van der Waals surface area (Å²) in [5, 5.41) is 3.57. The maximum atomic E-state index is 5.68. The minimum atomic E-state index is 0.531. The molecular weight excluding hydrogens is 212 g/mol. The van der Waals surface area contributed by atoms with E-state index in [2.05, 4.69) is 12.2 Å². The first-order chi connectivity index (χ1) is 8.36. The molecule has 0 saturated carbocycles. The van der Waals surface area contributed by atoms with E-state index in [1.54, 1.807) is 0 Å². The molecule has 3 N–H and O–H groups in total. The van der Waals surface area contributed by atoms with Crippen LogP contribution in [0, 0.1) is 0 Å². The average molecular weight is 242 g/mol. The molecule has 2 atom stereocenters. The highest BCUT2D eigenvalue weighted by Gasteiger charge is 2.17. The topological polar surface area (TPSA) is 47.3 Å². The molecule has 0 aliphatic carbocycles. The van der Waals surface area contributed by atoms with E-state index in [4.69, 9.17) is 10.5 Å². The Bertz CT molecular complexity index is 170. The van der Waals surface area contributed by atoms with Crippen LogP contribution in [0.1, 0.15) is 58.3 Å². The Hall–Kier alpha value is -0.120. The van der Waals surface area contributed by atoms with Crippen LogP contribution < -0.4 is 11.1 Å². The zero-order valence-corrected chi connectivity index (χ0v) is 11.4. The van der Waals surface area contributed by atoms with Crippen molar-refractivity contribution < 1.29 is 4.74 Å². The number of nitrogens with one attached hydrogen (secondary N) is 1. The van der Waals surface area contributed by atoms with Gasteiger partial charge in [-0.3, -0.25) is 0 Å². The minimum Gasteiger partial charge on any atom is -0.378 e. The smallest absolute Gasteiger partial charge is 0.0576 e. The van der Waals surface area contributed by atoms with Crippen molar-refractivity contribution in [3.05, 3.63) is 0 Å². The van der Waals surface area contributed by atoms with Gasteiger partial charge in [0.2, 0.25) is 0 Å². The highest BCUT2D eigenvalue weighted by Crippen LogP contribution is 2.19. The van der Waals surface area contributed by atoms with E-state index in [9.17, 15) is 0 Å². The maximum Gasteiger partial charge on any atom is 0.0576 e. The molecule has 3 heteroatoms. The Kier molecular flexibility index (Phi) is 8.67. The Morgan fingerprint density at radius 2 is 2.24 bits per heavy atom. The fourth-order valence-electron chi connectivity index (χ4n) is 2.54. The third-order valence-corrected chi connectivity index (χ3v) is 3.59. The van der Waals surface area contributed by atoms with Crippen molar-refractivity contribution in [2.75, 3.05) is 19.7 Å². The van der Waals surface area contributed by atoms with Crippen LogP contribution in [0.3, 0.4) is 0 Å². The lowest BCUT2D eigenvalue weighted by atomic mass is 10.0. The van der Waals surface area contributed by atoms with E-state index >= 15 is 0 Å². The van der Waals surface area contributed by atoms with Gasteiger partial charge in [0.25, 0.3) is 0 Å². The molecule has 1 aliphatic rings. The summed E-state index contributed by atoms with van der Waals surface area (Å²) in [6, 6.07) is 0.648. The van der Waals surface area contributed by atoms with Crippen LogP contribution in [0.4, 0.5) is 0 Å². The lowest BCUT2D eigenvalue weighted by Gasteiger charge is -2.20. The van der Waals surface area contributed by atoms with Crippen molar-refractivity contribution in [1.82, 2.24) is 5.32 Å². The van der Waals surface area contributed by atoms with Gasteiger partial charge in [-0.05, 0) is 32.1 Å². The quantitative estimate of drug-likeness (QED) is 0.578. The SMILES string of the molecule is CCCCCC(CCC1CCCO1)NCCN. The summed E-state index contributed by atoms with van der Waals surface area (Å²) >= 11 is 0. The Labute approximate surface area is 106 Å². The van der Waals surface area contributed by atoms with Crippen LogP contribution in [0.25, 0.3) is 0 Å². The molecule has 102 valence electrons. The van der Waals surface area contributed by atoms with Gasteiger partial charge in [0.15, 0.2) is 0 Å². The molecule has 0 spiro atoms. The van der Waals surface area contributed by atoms with Gasteiger partial charge in [0.1, 0.15) is 0 Å². The van der Waals surface area contributed by atoms with Gasteiger partial charge in [-0.15, -0.1) is 0 Å². The summed E-state index contributed by atoms with van der Waals surface area (Å²) in [5.74, 6) is 0. The Balaban J connectivity index is 2.13. The minimum absolute atomic E-state index is 0.531. The largest absolute Gasteiger partial charge is 0.378 e. The van der Waals surface area contributed by atoms with Crippen LogP contribution >= 0.6 is 0 Å². The number of hydrogen-bond acceptors (Lipinski definition) is 3. The molecular formula is C14H30N2O. The second kappa shape index (κ2) is 9.86. The van der Waals surface area contributed by atoms with Crippen molar-refractivity contribution in [3.8, 4) is 0 Å². The van der Waals surface area contributed by atoms with Crippen LogP contribution in [0.2, 0.25) is 0 Å². The monoisotopic (exact) mass is 242 g/mol. The highest BCUT2D eigenvalue weighted by atomic mass is 16.5. The molecule has 3 nitrogen and oxygen atoms in total. The van der Waals surface area contributed by atoms with Crippen molar-refractivity contribution in [3.63, 3.8) is 0 Å². The van der Waals surface area contributed by atoms with Crippen LogP contribution in [0.5, 0.6) is 0 Å².